The number of hydrogen-bond donors (Lipinski definition) is 1. The minimum Gasteiger partial charge on any atom is -0.481 e. The number of aliphatic carboxylic acids is 1. The summed E-state index contributed by atoms with van der Waals surface area (Å²) in [7, 11) is 0. The molecule has 1 N–H and O–H groups in total. The van der Waals surface area contributed by atoms with Crippen LogP contribution in [0.1, 0.15) is 29.4 Å². The number of rotatable bonds is 5. The number of carboxylic acid groups (broad SMARTS) is 1. The molecular formula is C10H11BrO3S. The van der Waals surface area contributed by atoms with Crippen LogP contribution < -0.4 is 0 Å². The highest BCUT2D eigenvalue weighted by Gasteiger charge is 2.15. The lowest BCUT2D eigenvalue weighted by atomic mass is 10.0. The fourth-order valence-electron chi connectivity index (χ4n) is 1.25. The van der Waals surface area contributed by atoms with Gasteiger partial charge in [-0.25, -0.2) is 0 Å². The van der Waals surface area contributed by atoms with Gasteiger partial charge in [0.1, 0.15) is 0 Å². The minimum atomic E-state index is -0.859. The molecule has 0 aliphatic heterocycles. The van der Waals surface area contributed by atoms with Gasteiger partial charge < -0.3 is 5.11 Å². The summed E-state index contributed by atoms with van der Waals surface area (Å²) in [5.41, 5.74) is 0. The third kappa shape index (κ3) is 4.13. The molecule has 0 saturated carbocycles. The summed E-state index contributed by atoms with van der Waals surface area (Å²) in [5.74, 6) is -0.960. The maximum absolute atomic E-state index is 11.6. The van der Waals surface area contributed by atoms with Crippen LogP contribution in [0, 0.1) is 5.92 Å². The first-order valence-corrected chi connectivity index (χ1v) is 6.10. The molecule has 1 heterocycles. The van der Waals surface area contributed by atoms with E-state index in [0.717, 1.165) is 3.79 Å². The molecule has 0 spiro atoms. The predicted octanol–water partition coefficient (Wildman–Crippen LogP) is 3.19. The normalized spacial score (nSPS) is 12.4. The van der Waals surface area contributed by atoms with Gasteiger partial charge in [-0.1, -0.05) is 6.92 Å². The van der Waals surface area contributed by atoms with Crippen LogP contribution in [0.5, 0.6) is 0 Å². The van der Waals surface area contributed by atoms with Crippen molar-refractivity contribution in [1.29, 1.82) is 0 Å². The van der Waals surface area contributed by atoms with Crippen LogP contribution >= 0.6 is 27.3 Å². The topological polar surface area (TPSA) is 54.4 Å². The summed E-state index contributed by atoms with van der Waals surface area (Å²) in [5, 5.41) is 8.56. The smallest absolute Gasteiger partial charge is 0.303 e. The van der Waals surface area contributed by atoms with Crippen LogP contribution in [0.2, 0.25) is 0 Å². The van der Waals surface area contributed by atoms with E-state index in [4.69, 9.17) is 5.11 Å². The Kier molecular flexibility index (Phi) is 4.47. The molecule has 0 aromatic carbocycles. The van der Waals surface area contributed by atoms with E-state index in [2.05, 4.69) is 15.9 Å². The number of carboxylic acids is 1. The Labute approximate surface area is 100 Å². The molecule has 0 amide bonds. The Bertz CT molecular complexity index is 372. The lowest BCUT2D eigenvalue weighted by Gasteiger charge is -2.05. The van der Waals surface area contributed by atoms with E-state index in [0.29, 0.717) is 11.3 Å². The Hall–Kier alpha value is -0.680. The monoisotopic (exact) mass is 290 g/mol. The molecule has 0 bridgehead atoms. The number of halogens is 1. The summed E-state index contributed by atoms with van der Waals surface area (Å²) >= 11 is 4.66. The molecule has 0 aliphatic carbocycles. The Balaban J connectivity index is 2.52. The minimum absolute atomic E-state index is 0.0134. The SMILES string of the molecule is CC(CC(=O)O)CC(=O)c1ccc(Br)s1. The number of hydrogen-bond acceptors (Lipinski definition) is 3. The largest absolute Gasteiger partial charge is 0.481 e. The van der Waals surface area contributed by atoms with Gasteiger partial charge in [-0.3, -0.25) is 9.59 Å². The molecule has 1 unspecified atom stereocenters. The molecule has 0 saturated heterocycles. The number of Topliss-reactive ketones (excluding diaryl/α,β-unsaturated/α-hetero) is 1. The van der Waals surface area contributed by atoms with Gasteiger partial charge in [-0.15, -0.1) is 11.3 Å². The van der Waals surface area contributed by atoms with Crippen molar-refractivity contribution in [2.75, 3.05) is 0 Å². The zero-order chi connectivity index (χ0) is 11.4. The van der Waals surface area contributed by atoms with Gasteiger partial charge in [0.2, 0.25) is 0 Å². The van der Waals surface area contributed by atoms with Crippen molar-refractivity contribution in [1.82, 2.24) is 0 Å². The number of thiophene rings is 1. The van der Waals surface area contributed by atoms with Gasteiger partial charge in [0.25, 0.3) is 0 Å². The quantitative estimate of drug-likeness (QED) is 0.848. The van der Waals surface area contributed by atoms with Crippen LogP contribution in [0.3, 0.4) is 0 Å². The van der Waals surface area contributed by atoms with Crippen molar-refractivity contribution in [3.8, 4) is 0 Å². The maximum Gasteiger partial charge on any atom is 0.303 e. The van der Waals surface area contributed by atoms with E-state index in [-0.39, 0.29) is 18.1 Å². The molecule has 0 fully saturated rings. The van der Waals surface area contributed by atoms with E-state index >= 15 is 0 Å². The van der Waals surface area contributed by atoms with Crippen molar-refractivity contribution in [2.45, 2.75) is 19.8 Å². The van der Waals surface area contributed by atoms with Crippen LogP contribution in [-0.2, 0) is 4.79 Å². The second-order valence-electron chi connectivity index (χ2n) is 3.43. The lowest BCUT2D eigenvalue weighted by molar-refractivity contribution is -0.137. The highest BCUT2D eigenvalue weighted by Crippen LogP contribution is 2.24. The highest BCUT2D eigenvalue weighted by molar-refractivity contribution is 9.11. The van der Waals surface area contributed by atoms with Crippen molar-refractivity contribution >= 4 is 39.0 Å². The van der Waals surface area contributed by atoms with Crippen LogP contribution in [0.4, 0.5) is 0 Å². The molecule has 1 atom stereocenters. The van der Waals surface area contributed by atoms with Crippen LogP contribution in [0.15, 0.2) is 15.9 Å². The molecule has 1 aromatic heterocycles. The standard InChI is InChI=1S/C10H11BrO3S/c1-6(5-10(13)14)4-7(12)8-2-3-9(11)15-8/h2-3,6H,4-5H2,1H3,(H,13,14). The molecule has 5 heteroatoms. The number of ketones is 1. The van der Waals surface area contributed by atoms with Crippen LogP contribution in [-0.4, -0.2) is 16.9 Å². The van der Waals surface area contributed by atoms with E-state index in [1.165, 1.54) is 11.3 Å². The zero-order valence-corrected chi connectivity index (χ0v) is 10.6. The molecule has 1 rings (SSSR count). The first-order chi connectivity index (χ1) is 6.99. The van der Waals surface area contributed by atoms with E-state index < -0.39 is 5.97 Å². The van der Waals surface area contributed by atoms with Gasteiger partial charge in [-0.05, 0) is 34.0 Å². The maximum atomic E-state index is 11.6. The second-order valence-corrected chi connectivity index (χ2v) is 5.90. The average Bonchev–Trinajstić information content (AvgIpc) is 2.49. The highest BCUT2D eigenvalue weighted by atomic mass is 79.9. The molecule has 15 heavy (non-hydrogen) atoms. The summed E-state index contributed by atoms with van der Waals surface area (Å²) in [4.78, 5) is 22.7. The Morgan fingerprint density at radius 3 is 2.60 bits per heavy atom. The second kappa shape index (κ2) is 5.42. The molecule has 0 aliphatic rings. The molecule has 1 aromatic rings. The predicted molar refractivity (Wildman–Crippen MR) is 62.4 cm³/mol. The van der Waals surface area contributed by atoms with Crippen molar-refractivity contribution in [3.05, 3.63) is 20.8 Å². The van der Waals surface area contributed by atoms with Crippen molar-refractivity contribution in [3.63, 3.8) is 0 Å². The zero-order valence-electron chi connectivity index (χ0n) is 8.20. The molecule has 0 radical (unpaired) electrons. The fraction of sp³-hybridized carbons (Fsp3) is 0.400. The summed E-state index contributed by atoms with van der Waals surface area (Å²) in [6.07, 6.45) is 0.331. The van der Waals surface area contributed by atoms with Gasteiger partial charge in [-0.2, -0.15) is 0 Å². The van der Waals surface area contributed by atoms with Gasteiger partial charge in [0.05, 0.1) is 8.66 Å². The van der Waals surface area contributed by atoms with Gasteiger partial charge in [0, 0.05) is 12.8 Å². The lowest BCUT2D eigenvalue weighted by Crippen LogP contribution is -2.09. The third-order valence-electron chi connectivity index (χ3n) is 1.90. The van der Waals surface area contributed by atoms with E-state index in [1.54, 1.807) is 13.0 Å². The number of carbonyl (C=O) groups is 2. The summed E-state index contributed by atoms with van der Waals surface area (Å²) < 4.78 is 0.914. The summed E-state index contributed by atoms with van der Waals surface area (Å²) in [6.45, 7) is 1.77. The molecule has 3 nitrogen and oxygen atoms in total. The van der Waals surface area contributed by atoms with Crippen LogP contribution in [0.25, 0.3) is 0 Å². The van der Waals surface area contributed by atoms with Crippen molar-refractivity contribution in [2.24, 2.45) is 5.92 Å². The Morgan fingerprint density at radius 2 is 2.13 bits per heavy atom. The van der Waals surface area contributed by atoms with Gasteiger partial charge in [0.15, 0.2) is 5.78 Å². The molecular weight excluding hydrogens is 280 g/mol. The van der Waals surface area contributed by atoms with Crippen molar-refractivity contribution < 1.29 is 14.7 Å². The van der Waals surface area contributed by atoms with E-state index in [9.17, 15) is 9.59 Å². The van der Waals surface area contributed by atoms with Gasteiger partial charge >= 0.3 is 5.97 Å². The molecule has 82 valence electrons. The average molecular weight is 291 g/mol. The fourth-order valence-corrected chi connectivity index (χ4v) is 2.59. The third-order valence-corrected chi connectivity index (χ3v) is 3.57. The summed E-state index contributed by atoms with van der Waals surface area (Å²) in [6, 6.07) is 3.57. The van der Waals surface area contributed by atoms with E-state index in [1.807, 2.05) is 6.07 Å². The first kappa shape index (κ1) is 12.4. The Morgan fingerprint density at radius 1 is 1.47 bits per heavy atom. The number of carbonyl (C=O) groups excluding carboxylic acids is 1. The first-order valence-electron chi connectivity index (χ1n) is 4.49.